The van der Waals surface area contributed by atoms with E-state index >= 15 is 0 Å². The molecular formula is C27H48BrN3O9S2. The lowest BCUT2D eigenvalue weighted by Crippen LogP contribution is -2.23. The van der Waals surface area contributed by atoms with Crippen LogP contribution in [0.2, 0.25) is 0 Å². The number of nitrogens with one attached hydrogen (secondary N) is 1. The van der Waals surface area contributed by atoms with Gasteiger partial charge in [-0.1, -0.05) is 71.2 Å². The minimum atomic E-state index is -1.39. The number of carboxylic acids is 1. The van der Waals surface area contributed by atoms with E-state index in [1.54, 1.807) is 38.3 Å². The fourth-order valence-corrected chi connectivity index (χ4v) is 2.87. The van der Waals surface area contributed by atoms with Crippen LogP contribution in [-0.2, 0) is 44.8 Å². The Kier molecular flexibility index (Phi) is 47.2. The summed E-state index contributed by atoms with van der Waals surface area (Å²) in [6, 6.07) is 0. The third-order valence-electron chi connectivity index (χ3n) is 4.42. The molecule has 0 aromatic carbocycles. The molecule has 0 aliphatic rings. The first-order valence-electron chi connectivity index (χ1n) is 11.2. The number of aromatic nitrogens is 1. The van der Waals surface area contributed by atoms with E-state index in [4.69, 9.17) is 20.4 Å². The molecule has 0 saturated carbocycles. The molecule has 0 saturated heterocycles. The number of carbonyl (C=O) groups is 6. The normalized spacial score (nSPS) is 10.3. The van der Waals surface area contributed by atoms with Crippen molar-refractivity contribution in [1.29, 1.82) is 0 Å². The number of amides is 1. The Morgan fingerprint density at radius 1 is 1.02 bits per heavy atom. The van der Waals surface area contributed by atoms with E-state index in [-0.39, 0.29) is 68.9 Å². The van der Waals surface area contributed by atoms with Gasteiger partial charge in [-0.2, -0.15) is 9.59 Å². The number of carboxylic acid groups (broad SMARTS) is 1. The number of thiazole rings is 1. The summed E-state index contributed by atoms with van der Waals surface area (Å²) in [6.45, 7) is 10.7. The summed E-state index contributed by atoms with van der Waals surface area (Å²) in [5, 5.41) is 13.1. The molecule has 1 aromatic rings. The van der Waals surface area contributed by atoms with Gasteiger partial charge in [0.1, 0.15) is 17.3 Å². The van der Waals surface area contributed by atoms with Crippen LogP contribution in [0.3, 0.4) is 0 Å². The molecule has 3 atom stereocenters. The Morgan fingerprint density at radius 2 is 1.45 bits per heavy atom. The van der Waals surface area contributed by atoms with Crippen LogP contribution in [0.4, 0.5) is 0 Å². The maximum Gasteiger partial charge on any atom is 0.373 e. The van der Waals surface area contributed by atoms with E-state index in [0.29, 0.717) is 24.4 Å². The van der Waals surface area contributed by atoms with Crippen LogP contribution in [0.5, 0.6) is 0 Å². The molecule has 1 heterocycles. The topological polar surface area (TPSA) is 208 Å². The molecule has 0 spiro atoms. The van der Waals surface area contributed by atoms with Crippen LogP contribution in [0, 0.1) is 17.8 Å². The highest BCUT2D eigenvalue weighted by atomic mass is 79.9. The highest BCUT2D eigenvalue weighted by Gasteiger charge is 2.09. The van der Waals surface area contributed by atoms with Gasteiger partial charge in [-0.15, -0.1) is 11.3 Å². The van der Waals surface area contributed by atoms with Gasteiger partial charge >= 0.3 is 12.1 Å². The average Bonchev–Trinajstić information content (AvgIpc) is 3.36. The summed E-state index contributed by atoms with van der Waals surface area (Å²) in [4.78, 5) is 81.8. The predicted octanol–water partition coefficient (Wildman–Crippen LogP) is 4.12. The zero-order valence-corrected chi connectivity index (χ0v) is 25.9. The third-order valence-corrected chi connectivity index (χ3v) is 5.90. The van der Waals surface area contributed by atoms with E-state index in [2.05, 4.69) is 38.4 Å². The summed E-state index contributed by atoms with van der Waals surface area (Å²) >= 11 is 8.91. The molecule has 1 rings (SSSR count). The molecule has 0 bridgehead atoms. The van der Waals surface area contributed by atoms with Gasteiger partial charge in [-0.25, -0.2) is 9.78 Å². The number of nitrogens with two attached hydrogens (primary N) is 1. The van der Waals surface area contributed by atoms with Crippen molar-refractivity contribution in [2.45, 2.75) is 76.7 Å². The van der Waals surface area contributed by atoms with Gasteiger partial charge in [-0.3, -0.25) is 24.0 Å². The van der Waals surface area contributed by atoms with Gasteiger partial charge in [-0.05, 0) is 20.8 Å². The fourth-order valence-electron chi connectivity index (χ4n) is 1.63. The molecule has 244 valence electrons. The van der Waals surface area contributed by atoms with Crippen molar-refractivity contribution >= 4 is 86.1 Å². The van der Waals surface area contributed by atoms with Gasteiger partial charge in [0.15, 0.2) is 0 Å². The van der Waals surface area contributed by atoms with E-state index in [0.717, 1.165) is 11.4 Å². The lowest BCUT2D eigenvalue weighted by atomic mass is 10.0. The second kappa shape index (κ2) is 36.0. The molecule has 0 fully saturated rings. The van der Waals surface area contributed by atoms with Crippen molar-refractivity contribution < 1.29 is 43.5 Å². The number of rotatable bonds is 12. The highest BCUT2D eigenvalue weighted by Crippen LogP contribution is 2.11. The van der Waals surface area contributed by atoms with Crippen molar-refractivity contribution in [3.8, 4) is 0 Å². The van der Waals surface area contributed by atoms with E-state index in [9.17, 15) is 28.8 Å². The van der Waals surface area contributed by atoms with Gasteiger partial charge in [0.25, 0.3) is 0 Å². The predicted molar refractivity (Wildman–Crippen MR) is 172 cm³/mol. The fraction of sp³-hybridized carbons (Fsp3) is 0.593. The molecule has 1 amide bonds. The number of Topliss-reactive ketones (excluding diaryl/α,β-unsaturated/α-hetero) is 4. The monoisotopic (exact) mass is 701 g/mol. The zero-order chi connectivity index (χ0) is 31.6. The number of ketones is 4. The van der Waals surface area contributed by atoms with Gasteiger partial charge < -0.3 is 16.2 Å². The number of hydrogen-bond donors (Lipinski definition) is 3. The molecule has 1 aromatic heterocycles. The van der Waals surface area contributed by atoms with E-state index in [1.807, 2.05) is 19.2 Å². The largest absolute Gasteiger partial charge is 0.475 e. The molecule has 4 N–H and O–H groups in total. The second-order valence-corrected chi connectivity index (χ2v) is 9.87. The van der Waals surface area contributed by atoms with Crippen LogP contribution in [-0.4, -0.2) is 68.6 Å². The second-order valence-electron chi connectivity index (χ2n) is 7.81. The number of carbonyl (C=O) groups excluding carboxylic acids is 7. The zero-order valence-electron chi connectivity index (χ0n) is 22.7. The Morgan fingerprint density at radius 3 is 1.67 bits per heavy atom. The summed E-state index contributed by atoms with van der Waals surface area (Å²) in [5.41, 5.74) is 5.21. The highest BCUT2D eigenvalue weighted by molar-refractivity contribution is 9.09. The number of halogens is 1. The Labute approximate surface area is 267 Å². The Hall–Kier alpha value is -3.00. The third kappa shape index (κ3) is 41.5. The van der Waals surface area contributed by atoms with Gasteiger partial charge in [0.2, 0.25) is 12.2 Å². The quantitative estimate of drug-likeness (QED) is 0.122. The summed E-state index contributed by atoms with van der Waals surface area (Å²) in [5.74, 6) is -1.69. The smallest absolute Gasteiger partial charge is 0.373 e. The van der Waals surface area contributed by atoms with Crippen LogP contribution in [0.25, 0.3) is 0 Å². The number of hydrogen-bond acceptors (Lipinski definition) is 11. The SMILES string of the molecule is C.C.C.CC(=O)C(C)CC(N)=S.CC(=O)C(C)CNC=O.CC(=O)C(C)Cc1nccs1.O=C(O)C(=O)CBr.O=C=O. The molecule has 3 unspecified atom stereocenters. The molecule has 42 heavy (non-hydrogen) atoms. The first-order valence-corrected chi connectivity index (χ1v) is 13.6. The molecule has 0 aliphatic heterocycles. The van der Waals surface area contributed by atoms with Gasteiger partial charge in [0, 0.05) is 48.7 Å². The number of nitrogens with zero attached hydrogens (tertiary/aromatic N) is 1. The number of thiocarbonyl (C=S) groups is 1. The summed E-state index contributed by atoms with van der Waals surface area (Å²) in [6.07, 6.45) is 3.93. The van der Waals surface area contributed by atoms with Crippen LogP contribution in [0.15, 0.2) is 11.6 Å². The van der Waals surface area contributed by atoms with Crippen molar-refractivity contribution in [1.82, 2.24) is 10.3 Å². The Balaban J connectivity index is -0.0000000744. The maximum absolute atomic E-state index is 10.8. The van der Waals surface area contributed by atoms with E-state index < -0.39 is 11.8 Å². The summed E-state index contributed by atoms with van der Waals surface area (Å²) < 4.78 is 0. The molecule has 15 heteroatoms. The van der Waals surface area contributed by atoms with Crippen LogP contribution < -0.4 is 11.1 Å². The maximum atomic E-state index is 10.8. The minimum Gasteiger partial charge on any atom is -0.475 e. The van der Waals surface area contributed by atoms with Crippen molar-refractivity contribution in [3.05, 3.63) is 16.6 Å². The Bertz CT molecular complexity index is 937. The summed E-state index contributed by atoms with van der Waals surface area (Å²) in [7, 11) is 0. The first-order chi connectivity index (χ1) is 18.0. The molecule has 0 radical (unpaired) electrons. The number of alkyl halides is 1. The molecule has 0 aliphatic carbocycles. The number of aliphatic carboxylic acids is 1. The minimum absolute atomic E-state index is 0. The van der Waals surface area contributed by atoms with Gasteiger partial charge in [0.05, 0.1) is 15.3 Å². The van der Waals surface area contributed by atoms with Crippen molar-refractivity contribution in [3.63, 3.8) is 0 Å². The van der Waals surface area contributed by atoms with Crippen molar-refractivity contribution in [2.24, 2.45) is 23.5 Å². The van der Waals surface area contributed by atoms with Crippen LogP contribution in [0.1, 0.15) is 75.3 Å². The lowest BCUT2D eigenvalue weighted by molar-refractivity contribution is -0.191. The first kappa shape index (κ1) is 55.0. The average molecular weight is 703 g/mol. The standard InChI is InChI=1S/C8H11NOS.C6H11NO2.C6H11NOS.C3H3BrO3.CO2.3CH4/c1-6(7(2)10)5-8-9-3-4-11-8;1-5(6(2)9)3-7-4-8;1-4(5(2)8)3-6(7)9;4-1-2(5)3(6)7;2-1-3;;;/h3-4,6H,5H2,1-2H3;4-5H,3H2,1-2H3,(H,7,8);4H,3H2,1-2H3,(H2,7,9);1H2,(H,6,7);;3*1H4. The molecular weight excluding hydrogens is 654 g/mol. The van der Waals surface area contributed by atoms with Crippen molar-refractivity contribution in [2.75, 3.05) is 11.9 Å². The lowest BCUT2D eigenvalue weighted by Gasteiger charge is -2.03. The molecule has 12 nitrogen and oxygen atoms in total. The van der Waals surface area contributed by atoms with Crippen LogP contribution >= 0.6 is 39.5 Å². The van der Waals surface area contributed by atoms with E-state index in [1.165, 1.54) is 6.92 Å².